The average Bonchev–Trinajstić information content (AvgIpc) is 2.57. The van der Waals surface area contributed by atoms with E-state index >= 15 is 0 Å². The van der Waals surface area contributed by atoms with Gasteiger partial charge in [-0.3, -0.25) is 0 Å². The van der Waals surface area contributed by atoms with E-state index < -0.39 is 9.84 Å². The Morgan fingerprint density at radius 2 is 2.13 bits per heavy atom. The zero-order chi connectivity index (χ0) is 11.7. The summed E-state index contributed by atoms with van der Waals surface area (Å²) in [5, 5.41) is 9.06. The van der Waals surface area contributed by atoms with Gasteiger partial charge in [0, 0.05) is 17.7 Å². The average molecular weight is 235 g/mol. The number of sulfone groups is 1. The minimum atomic E-state index is -2.99. The summed E-state index contributed by atoms with van der Waals surface area (Å²) in [5.41, 5.74) is 5.28. The Morgan fingerprint density at radius 1 is 1.53 bits per heavy atom. The lowest BCUT2D eigenvalue weighted by Gasteiger charge is -2.29. The zero-order valence-corrected chi connectivity index (χ0v) is 10.3. The van der Waals surface area contributed by atoms with Crippen molar-refractivity contribution in [2.24, 2.45) is 17.1 Å². The topological polar surface area (TPSA) is 80.4 Å². The number of hydrogen-bond donors (Lipinski definition) is 2. The van der Waals surface area contributed by atoms with Crippen molar-refractivity contribution in [3.05, 3.63) is 0 Å². The van der Waals surface area contributed by atoms with Crippen molar-refractivity contribution in [3.63, 3.8) is 0 Å². The van der Waals surface area contributed by atoms with Crippen LogP contribution in [0.25, 0.3) is 0 Å². The van der Waals surface area contributed by atoms with Crippen molar-refractivity contribution in [1.29, 1.82) is 0 Å². The van der Waals surface area contributed by atoms with Crippen molar-refractivity contribution in [3.8, 4) is 0 Å². The molecule has 0 unspecified atom stereocenters. The maximum absolute atomic E-state index is 11.7. The summed E-state index contributed by atoms with van der Waals surface area (Å²) < 4.78 is 23.5. The molecule has 5 heteroatoms. The van der Waals surface area contributed by atoms with Crippen molar-refractivity contribution in [1.82, 2.24) is 0 Å². The minimum absolute atomic E-state index is 0.0135. The first kappa shape index (κ1) is 12.9. The molecular weight excluding hydrogens is 214 g/mol. The number of rotatable bonds is 4. The van der Waals surface area contributed by atoms with Gasteiger partial charge in [-0.05, 0) is 18.8 Å². The quantitative estimate of drug-likeness (QED) is 0.727. The van der Waals surface area contributed by atoms with E-state index in [9.17, 15) is 13.5 Å². The van der Waals surface area contributed by atoms with Gasteiger partial charge in [0.1, 0.15) is 0 Å². The van der Waals surface area contributed by atoms with E-state index in [1.165, 1.54) is 0 Å². The Bertz CT molecular complexity index is 309. The Morgan fingerprint density at radius 3 is 2.47 bits per heavy atom. The van der Waals surface area contributed by atoms with Crippen LogP contribution in [0.15, 0.2) is 0 Å². The predicted octanol–water partition coefficient (Wildman–Crippen LogP) is 0.157. The van der Waals surface area contributed by atoms with Crippen LogP contribution >= 0.6 is 0 Å². The van der Waals surface area contributed by atoms with Crippen LogP contribution < -0.4 is 5.73 Å². The molecule has 1 saturated carbocycles. The molecule has 0 aromatic heterocycles. The summed E-state index contributed by atoms with van der Waals surface area (Å²) in [5.74, 6) is 0.357. The molecule has 3 atom stereocenters. The number of nitrogens with two attached hydrogens (primary N) is 1. The van der Waals surface area contributed by atoms with E-state index in [4.69, 9.17) is 5.73 Å². The fourth-order valence-corrected chi connectivity index (χ4v) is 4.10. The fraction of sp³-hybridized carbons (Fsp3) is 1.00. The van der Waals surface area contributed by atoms with Crippen LogP contribution in [0.1, 0.15) is 26.7 Å². The summed E-state index contributed by atoms with van der Waals surface area (Å²) >= 11 is 0. The third-order valence-electron chi connectivity index (χ3n) is 3.93. The molecule has 15 heavy (non-hydrogen) atoms. The van der Waals surface area contributed by atoms with Gasteiger partial charge in [0.15, 0.2) is 9.84 Å². The Kier molecular flexibility index (Phi) is 3.79. The van der Waals surface area contributed by atoms with Crippen LogP contribution in [-0.2, 0) is 9.84 Å². The molecule has 0 saturated heterocycles. The molecule has 90 valence electrons. The Balaban J connectivity index is 2.89. The standard InChI is InChI=1S/C10H21NO3S/c1-3-15(13,14)9-4-8(2)10(5-9,6-11)7-12/h8-9,12H,3-7,11H2,1-2H3/t8-,9+,10+/m1/s1. The lowest BCUT2D eigenvalue weighted by Crippen LogP contribution is -2.37. The lowest BCUT2D eigenvalue weighted by atomic mass is 9.80. The maximum Gasteiger partial charge on any atom is 0.152 e. The predicted molar refractivity (Wildman–Crippen MR) is 60.2 cm³/mol. The first-order valence-electron chi connectivity index (χ1n) is 5.44. The molecule has 0 radical (unpaired) electrons. The molecule has 3 N–H and O–H groups in total. The van der Waals surface area contributed by atoms with Crippen molar-refractivity contribution >= 4 is 9.84 Å². The number of aliphatic hydroxyl groups excluding tert-OH is 1. The van der Waals surface area contributed by atoms with Crippen molar-refractivity contribution in [2.75, 3.05) is 18.9 Å². The first-order valence-corrected chi connectivity index (χ1v) is 7.16. The smallest absolute Gasteiger partial charge is 0.152 e. The van der Waals surface area contributed by atoms with E-state index in [0.717, 1.165) is 0 Å². The Labute approximate surface area is 91.8 Å². The highest BCUT2D eigenvalue weighted by atomic mass is 32.2. The van der Waals surface area contributed by atoms with E-state index in [1.807, 2.05) is 6.92 Å². The van der Waals surface area contributed by atoms with Gasteiger partial charge < -0.3 is 10.8 Å². The van der Waals surface area contributed by atoms with Gasteiger partial charge in [-0.2, -0.15) is 0 Å². The van der Waals surface area contributed by atoms with Crippen molar-refractivity contribution in [2.45, 2.75) is 31.9 Å². The summed E-state index contributed by atoms with van der Waals surface area (Å²) in [6.45, 7) is 4.00. The van der Waals surface area contributed by atoms with Crippen molar-refractivity contribution < 1.29 is 13.5 Å². The van der Waals surface area contributed by atoms with Crippen LogP contribution in [0.3, 0.4) is 0 Å². The molecule has 1 fully saturated rings. The second kappa shape index (κ2) is 4.39. The highest BCUT2D eigenvalue weighted by Gasteiger charge is 2.47. The SMILES string of the molecule is CCS(=O)(=O)[C@H]1C[C@@H](C)[C@@](CN)(CO)C1. The molecule has 4 nitrogen and oxygen atoms in total. The largest absolute Gasteiger partial charge is 0.396 e. The molecule has 1 rings (SSSR count). The summed E-state index contributed by atoms with van der Waals surface area (Å²) in [6.07, 6.45) is 1.14. The van der Waals surface area contributed by atoms with Crippen LogP contribution in [0.4, 0.5) is 0 Å². The first-order chi connectivity index (χ1) is 6.91. The molecule has 1 aliphatic rings. The van der Waals surface area contributed by atoms with Gasteiger partial charge in [0.05, 0.1) is 11.9 Å². The van der Waals surface area contributed by atoms with E-state index in [0.29, 0.717) is 19.4 Å². The molecule has 0 bridgehead atoms. The molecule has 0 aromatic carbocycles. The van der Waals surface area contributed by atoms with E-state index in [-0.39, 0.29) is 28.9 Å². The zero-order valence-electron chi connectivity index (χ0n) is 9.44. The van der Waals surface area contributed by atoms with Gasteiger partial charge in [0.2, 0.25) is 0 Å². The minimum Gasteiger partial charge on any atom is -0.396 e. The lowest BCUT2D eigenvalue weighted by molar-refractivity contribution is 0.0996. The van der Waals surface area contributed by atoms with E-state index in [2.05, 4.69) is 0 Å². The molecular formula is C10H21NO3S. The number of aliphatic hydroxyl groups is 1. The van der Waals surface area contributed by atoms with Gasteiger partial charge >= 0.3 is 0 Å². The van der Waals surface area contributed by atoms with E-state index in [1.54, 1.807) is 6.92 Å². The van der Waals surface area contributed by atoms with Crippen LogP contribution in [0, 0.1) is 11.3 Å². The second-order valence-electron chi connectivity index (χ2n) is 4.64. The maximum atomic E-state index is 11.7. The van der Waals surface area contributed by atoms with Gasteiger partial charge in [-0.1, -0.05) is 13.8 Å². The molecule has 0 heterocycles. The van der Waals surface area contributed by atoms with Gasteiger partial charge in [-0.25, -0.2) is 8.42 Å². The highest BCUT2D eigenvalue weighted by molar-refractivity contribution is 7.92. The summed E-state index contributed by atoms with van der Waals surface area (Å²) in [4.78, 5) is 0. The fourth-order valence-electron chi connectivity index (χ4n) is 2.46. The monoisotopic (exact) mass is 235 g/mol. The summed E-state index contributed by atoms with van der Waals surface area (Å²) in [7, 11) is -2.99. The van der Waals surface area contributed by atoms with Crippen LogP contribution in [0.5, 0.6) is 0 Å². The highest BCUT2D eigenvalue weighted by Crippen LogP contribution is 2.44. The third-order valence-corrected chi connectivity index (χ3v) is 6.11. The normalized spacial score (nSPS) is 37.1. The Hall–Kier alpha value is -0.130. The molecule has 0 aliphatic heterocycles. The molecule has 0 aromatic rings. The van der Waals surface area contributed by atoms with Gasteiger partial charge in [-0.15, -0.1) is 0 Å². The second-order valence-corrected chi connectivity index (χ2v) is 7.21. The molecule has 1 aliphatic carbocycles. The van der Waals surface area contributed by atoms with Crippen LogP contribution in [0.2, 0.25) is 0 Å². The van der Waals surface area contributed by atoms with Crippen LogP contribution in [-0.4, -0.2) is 37.7 Å². The third kappa shape index (κ3) is 2.19. The molecule has 0 amide bonds. The number of hydrogen-bond acceptors (Lipinski definition) is 4. The molecule has 0 spiro atoms. The summed E-state index contributed by atoms with van der Waals surface area (Å²) in [6, 6.07) is 0. The van der Waals surface area contributed by atoms with Gasteiger partial charge in [0.25, 0.3) is 0 Å².